The Balaban J connectivity index is 4.04. The first-order valence-electron chi connectivity index (χ1n) is 5.25. The Morgan fingerprint density at radius 2 is 1.63 bits per heavy atom. The van der Waals surface area contributed by atoms with Crippen molar-refractivity contribution in [2.45, 2.75) is 19.8 Å². The lowest BCUT2D eigenvalue weighted by Gasteiger charge is -2.04. The maximum absolute atomic E-state index is 11.3. The van der Waals surface area contributed by atoms with E-state index in [1.54, 1.807) is 0 Å². The molecule has 0 unspecified atom stereocenters. The quantitative estimate of drug-likeness (QED) is 0.277. The molecule has 2 N–H and O–H groups in total. The van der Waals surface area contributed by atoms with Crippen molar-refractivity contribution < 1.29 is 35.5 Å². The van der Waals surface area contributed by atoms with E-state index in [1.165, 1.54) is 13.0 Å². The molecule has 112 valence electrons. The number of carbonyl (C=O) groups is 1. The van der Waals surface area contributed by atoms with Crippen molar-refractivity contribution >= 4 is 26.2 Å². The molecule has 8 nitrogen and oxygen atoms in total. The molecule has 0 rings (SSSR count). The zero-order valence-electron chi connectivity index (χ0n) is 10.3. The monoisotopic (exact) mass is 316 g/mol. The lowest BCUT2D eigenvalue weighted by Crippen LogP contribution is -2.11. The van der Waals surface area contributed by atoms with E-state index in [9.17, 15) is 21.6 Å². The number of ether oxygens (including phenoxy) is 1. The van der Waals surface area contributed by atoms with Gasteiger partial charge in [0.2, 0.25) is 0 Å². The number of hydrogen-bond acceptors (Lipinski definition) is 6. The van der Waals surface area contributed by atoms with Crippen LogP contribution in [0, 0.1) is 0 Å². The van der Waals surface area contributed by atoms with Crippen molar-refractivity contribution in [3.05, 3.63) is 11.6 Å². The third kappa shape index (κ3) is 11.8. The fourth-order valence-corrected chi connectivity index (χ4v) is 1.93. The summed E-state index contributed by atoms with van der Waals surface area (Å²) in [7, 11) is -8.15. The fraction of sp³-hybridized carbons (Fsp3) is 0.667. The van der Waals surface area contributed by atoms with Crippen molar-refractivity contribution in [2.24, 2.45) is 0 Å². The van der Waals surface area contributed by atoms with E-state index in [2.05, 4.69) is 4.74 Å². The summed E-state index contributed by atoms with van der Waals surface area (Å²) in [6, 6.07) is 0. The van der Waals surface area contributed by atoms with Crippen LogP contribution in [0.3, 0.4) is 0 Å². The van der Waals surface area contributed by atoms with Crippen LogP contribution in [0.5, 0.6) is 0 Å². The molecule has 0 radical (unpaired) electrons. The molecular formula is C9H16O8S2. The van der Waals surface area contributed by atoms with E-state index in [0.717, 1.165) is 0 Å². The first-order chi connectivity index (χ1) is 8.51. The standard InChI is InChI=1S/C9H16O8S2/c1-8(4-2-6-18(11,12)13)9(10)17-5-3-7-19(14,15)16/h4H,2-3,5-7H2,1H3,(H,11,12,13)(H,14,15,16). The molecule has 0 aromatic carbocycles. The van der Waals surface area contributed by atoms with Gasteiger partial charge >= 0.3 is 5.97 Å². The van der Waals surface area contributed by atoms with Crippen molar-refractivity contribution in [1.82, 2.24) is 0 Å². The average molecular weight is 316 g/mol. The fourth-order valence-electron chi connectivity index (χ4n) is 1.03. The number of carbonyl (C=O) groups excluding carboxylic acids is 1. The van der Waals surface area contributed by atoms with Gasteiger partial charge in [-0.25, -0.2) is 4.79 Å². The highest BCUT2D eigenvalue weighted by molar-refractivity contribution is 7.86. The third-order valence-corrected chi connectivity index (χ3v) is 3.48. The van der Waals surface area contributed by atoms with Crippen molar-refractivity contribution in [1.29, 1.82) is 0 Å². The van der Waals surface area contributed by atoms with Gasteiger partial charge < -0.3 is 4.74 Å². The Kier molecular flexibility index (Phi) is 7.19. The van der Waals surface area contributed by atoms with Gasteiger partial charge in [-0.05, 0) is 19.8 Å². The minimum atomic E-state index is -4.07. The molecule has 0 aliphatic carbocycles. The van der Waals surface area contributed by atoms with Crippen LogP contribution in [0.2, 0.25) is 0 Å². The topological polar surface area (TPSA) is 135 Å². The summed E-state index contributed by atoms with van der Waals surface area (Å²) < 4.78 is 63.1. The molecule has 0 saturated heterocycles. The summed E-state index contributed by atoms with van der Waals surface area (Å²) in [5.74, 6) is -1.72. The molecule has 0 fully saturated rings. The summed E-state index contributed by atoms with van der Waals surface area (Å²) in [5.41, 5.74) is 0.149. The second-order valence-electron chi connectivity index (χ2n) is 3.74. The number of esters is 1. The smallest absolute Gasteiger partial charge is 0.333 e. The van der Waals surface area contributed by atoms with Gasteiger partial charge in [0.05, 0.1) is 18.1 Å². The molecular weight excluding hydrogens is 300 g/mol. The molecule has 0 aliphatic heterocycles. The van der Waals surface area contributed by atoms with Crippen LogP contribution in [0.15, 0.2) is 11.6 Å². The Hall–Kier alpha value is -0.970. The molecule has 0 aromatic rings. The Labute approximate surface area is 112 Å². The third-order valence-electron chi connectivity index (χ3n) is 1.93. The van der Waals surface area contributed by atoms with Gasteiger partial charge in [0.1, 0.15) is 0 Å². The molecule has 0 amide bonds. The van der Waals surface area contributed by atoms with E-state index in [4.69, 9.17) is 9.11 Å². The maximum Gasteiger partial charge on any atom is 0.333 e. The van der Waals surface area contributed by atoms with E-state index in [0.29, 0.717) is 0 Å². The van der Waals surface area contributed by atoms with E-state index >= 15 is 0 Å². The molecule has 19 heavy (non-hydrogen) atoms. The van der Waals surface area contributed by atoms with Gasteiger partial charge in [0.25, 0.3) is 20.2 Å². The highest BCUT2D eigenvalue weighted by Gasteiger charge is 2.09. The number of hydrogen-bond donors (Lipinski definition) is 2. The molecule has 0 spiro atoms. The normalized spacial score (nSPS) is 13.3. The lowest BCUT2D eigenvalue weighted by atomic mass is 10.2. The lowest BCUT2D eigenvalue weighted by molar-refractivity contribution is -0.138. The summed E-state index contributed by atoms with van der Waals surface area (Å²) in [6.45, 7) is 1.22. The minimum absolute atomic E-state index is 0.0369. The molecule has 0 heterocycles. The Bertz CT molecular complexity index is 529. The zero-order chi connectivity index (χ0) is 15.1. The maximum atomic E-state index is 11.3. The Morgan fingerprint density at radius 1 is 1.11 bits per heavy atom. The molecule has 0 aliphatic rings. The van der Waals surface area contributed by atoms with Crippen molar-refractivity contribution in [2.75, 3.05) is 18.1 Å². The summed E-state index contributed by atoms with van der Waals surface area (Å²) in [5, 5.41) is 0. The van der Waals surface area contributed by atoms with E-state index in [-0.39, 0.29) is 25.0 Å². The van der Waals surface area contributed by atoms with Crippen LogP contribution >= 0.6 is 0 Å². The van der Waals surface area contributed by atoms with Crippen LogP contribution in [0.25, 0.3) is 0 Å². The highest BCUT2D eigenvalue weighted by Crippen LogP contribution is 2.01. The molecule has 10 heteroatoms. The predicted octanol–water partition coefficient (Wildman–Crippen LogP) is 0.0317. The van der Waals surface area contributed by atoms with Crippen LogP contribution in [0.1, 0.15) is 19.8 Å². The van der Waals surface area contributed by atoms with Gasteiger partial charge in [0, 0.05) is 5.57 Å². The van der Waals surface area contributed by atoms with Crippen molar-refractivity contribution in [3.63, 3.8) is 0 Å². The number of rotatable bonds is 8. The van der Waals surface area contributed by atoms with Crippen molar-refractivity contribution in [3.8, 4) is 0 Å². The van der Waals surface area contributed by atoms with Gasteiger partial charge in [-0.15, -0.1) is 0 Å². The summed E-state index contributed by atoms with van der Waals surface area (Å²) in [4.78, 5) is 11.3. The molecule has 0 saturated carbocycles. The predicted molar refractivity (Wildman–Crippen MR) is 66.8 cm³/mol. The van der Waals surface area contributed by atoms with Gasteiger partial charge in [0.15, 0.2) is 0 Å². The SMILES string of the molecule is CC(=CCCS(=O)(=O)O)C(=O)OCCCS(=O)(=O)O. The van der Waals surface area contributed by atoms with E-state index < -0.39 is 37.7 Å². The van der Waals surface area contributed by atoms with Crippen LogP contribution in [-0.4, -0.2) is 50.0 Å². The molecule has 0 bridgehead atoms. The number of allylic oxidation sites excluding steroid dienone is 1. The minimum Gasteiger partial charge on any atom is -0.462 e. The zero-order valence-corrected chi connectivity index (χ0v) is 11.9. The average Bonchev–Trinajstić information content (AvgIpc) is 2.20. The largest absolute Gasteiger partial charge is 0.462 e. The first kappa shape index (κ1) is 18.0. The molecule has 0 aromatic heterocycles. The second kappa shape index (κ2) is 7.58. The van der Waals surface area contributed by atoms with Gasteiger partial charge in [-0.3, -0.25) is 9.11 Å². The molecule has 0 atom stereocenters. The van der Waals surface area contributed by atoms with Crippen LogP contribution in [0.4, 0.5) is 0 Å². The highest BCUT2D eigenvalue weighted by atomic mass is 32.2. The summed E-state index contributed by atoms with van der Waals surface area (Å²) in [6.07, 6.45) is 1.21. The second-order valence-corrected chi connectivity index (χ2v) is 6.88. The van der Waals surface area contributed by atoms with E-state index in [1.807, 2.05) is 0 Å². The Morgan fingerprint density at radius 3 is 2.11 bits per heavy atom. The van der Waals surface area contributed by atoms with Gasteiger partial charge in [-0.1, -0.05) is 6.08 Å². The summed E-state index contributed by atoms with van der Waals surface area (Å²) >= 11 is 0. The first-order valence-corrected chi connectivity index (χ1v) is 8.47. The van der Waals surface area contributed by atoms with Crippen LogP contribution < -0.4 is 0 Å². The van der Waals surface area contributed by atoms with Crippen LogP contribution in [-0.2, 0) is 29.8 Å². The van der Waals surface area contributed by atoms with Gasteiger partial charge in [-0.2, -0.15) is 16.8 Å².